The molecular formula is C37H41N11O5. The molecule has 5 atom stereocenters. The molecule has 3 aliphatic heterocycles. The van der Waals surface area contributed by atoms with Crippen molar-refractivity contribution < 1.29 is 24.2 Å². The van der Waals surface area contributed by atoms with E-state index in [2.05, 4.69) is 25.2 Å². The van der Waals surface area contributed by atoms with Crippen LogP contribution in [-0.2, 0) is 16.0 Å². The Morgan fingerprint density at radius 3 is 2.43 bits per heavy atom. The van der Waals surface area contributed by atoms with Crippen molar-refractivity contribution in [3.63, 3.8) is 0 Å². The molecule has 53 heavy (non-hydrogen) atoms. The van der Waals surface area contributed by atoms with Gasteiger partial charge in [-0.3, -0.25) is 28.5 Å². The molecule has 2 saturated heterocycles. The lowest BCUT2D eigenvalue weighted by atomic mass is 9.85. The maximum absolute atomic E-state index is 14.6. The molecule has 16 nitrogen and oxygen atoms in total. The summed E-state index contributed by atoms with van der Waals surface area (Å²) in [5.74, 6) is -0.202. The summed E-state index contributed by atoms with van der Waals surface area (Å²) in [5, 5.41) is 13.2. The van der Waals surface area contributed by atoms with E-state index in [0.29, 0.717) is 73.0 Å². The highest BCUT2D eigenvalue weighted by molar-refractivity contribution is 5.81. The zero-order chi connectivity index (χ0) is 36.8. The van der Waals surface area contributed by atoms with Gasteiger partial charge >= 0.3 is 5.97 Å². The van der Waals surface area contributed by atoms with Crippen LogP contribution in [0.2, 0.25) is 0 Å². The number of nitrogens with one attached hydrogen (secondary N) is 1. The van der Waals surface area contributed by atoms with E-state index in [1.807, 2.05) is 67.7 Å². The Morgan fingerprint density at radius 2 is 1.66 bits per heavy atom. The molecule has 16 heteroatoms. The third-order valence-corrected chi connectivity index (χ3v) is 10.5. The number of carbonyl (C=O) groups is 2. The minimum Gasteiger partial charge on any atom is -0.481 e. The molecule has 0 spiro atoms. The van der Waals surface area contributed by atoms with E-state index in [1.165, 1.54) is 0 Å². The highest BCUT2D eigenvalue weighted by Gasteiger charge is 2.48. The molecule has 0 aliphatic carbocycles. The fourth-order valence-electron chi connectivity index (χ4n) is 8.03. The van der Waals surface area contributed by atoms with Gasteiger partial charge in [-0.2, -0.15) is 0 Å². The third kappa shape index (κ3) is 6.59. The second kappa shape index (κ2) is 14.0. The number of likely N-dealkylation sites (tertiary alicyclic amines) is 2. The van der Waals surface area contributed by atoms with Crippen molar-refractivity contribution in [2.45, 2.75) is 44.7 Å². The largest absolute Gasteiger partial charge is 0.481 e. The first-order chi connectivity index (χ1) is 25.6. The van der Waals surface area contributed by atoms with Crippen molar-refractivity contribution in [2.75, 3.05) is 40.5 Å². The number of benzene rings is 1. The molecule has 0 bridgehead atoms. The van der Waals surface area contributed by atoms with Crippen LogP contribution in [0.3, 0.4) is 0 Å². The van der Waals surface area contributed by atoms with Crippen LogP contribution in [0.25, 0.3) is 11.9 Å². The molecule has 0 radical (unpaired) electrons. The van der Waals surface area contributed by atoms with Gasteiger partial charge in [0.05, 0.1) is 41.0 Å². The summed E-state index contributed by atoms with van der Waals surface area (Å²) in [7, 11) is 3.92. The summed E-state index contributed by atoms with van der Waals surface area (Å²) in [6.45, 7) is 5.57. The van der Waals surface area contributed by atoms with Crippen molar-refractivity contribution in [1.29, 1.82) is 0 Å². The molecule has 1 amide bonds. The van der Waals surface area contributed by atoms with Crippen molar-refractivity contribution in [2.24, 2.45) is 11.8 Å². The zero-order valence-electron chi connectivity index (χ0n) is 30.0. The van der Waals surface area contributed by atoms with Gasteiger partial charge in [0.2, 0.25) is 24.6 Å². The SMILES string of the molecule is Cc1cc(C2C(C(=O)NCCc3ccc4c(c3)OCO4)C(c3cncn3-c3nc(C)cc(C4C(C(=O)O)CCN4C)n3)CN2C)nc(-n2ccnc2)n1. The number of ether oxygens (including phenoxy) is 2. The first-order valence-corrected chi connectivity index (χ1v) is 17.7. The van der Waals surface area contributed by atoms with Crippen LogP contribution in [-0.4, -0.2) is 106 Å². The average Bonchev–Trinajstić information content (AvgIpc) is 3.97. The number of likely N-dealkylation sites (N-methyl/N-ethyl adjacent to an activating group) is 1. The topological polar surface area (TPSA) is 179 Å². The van der Waals surface area contributed by atoms with Crippen LogP contribution in [0, 0.1) is 25.7 Å². The molecule has 274 valence electrons. The number of amides is 1. The molecule has 5 aromatic rings. The molecule has 2 fully saturated rings. The number of nitrogens with zero attached hydrogens (tertiary/aromatic N) is 10. The average molecular weight is 720 g/mol. The molecule has 4 aromatic heterocycles. The lowest BCUT2D eigenvalue weighted by molar-refractivity contribution is -0.142. The monoisotopic (exact) mass is 719 g/mol. The van der Waals surface area contributed by atoms with Crippen molar-refractivity contribution in [1.82, 2.24) is 54.2 Å². The third-order valence-electron chi connectivity index (χ3n) is 10.5. The van der Waals surface area contributed by atoms with Gasteiger partial charge in [0.25, 0.3) is 0 Å². The first kappa shape index (κ1) is 34.4. The fraction of sp³-hybridized carbons (Fsp3) is 0.405. The smallest absolute Gasteiger partial charge is 0.308 e. The minimum atomic E-state index is -0.843. The Balaban J connectivity index is 1.14. The lowest BCUT2D eigenvalue weighted by Gasteiger charge is -2.26. The number of carboxylic acid groups (broad SMARTS) is 1. The summed E-state index contributed by atoms with van der Waals surface area (Å²) < 4.78 is 14.6. The normalized spacial score (nSPS) is 22.8. The summed E-state index contributed by atoms with van der Waals surface area (Å²) >= 11 is 0. The second-order valence-electron chi connectivity index (χ2n) is 14.0. The molecule has 5 unspecified atom stereocenters. The van der Waals surface area contributed by atoms with E-state index < -0.39 is 29.9 Å². The minimum absolute atomic E-state index is 0.124. The maximum atomic E-state index is 14.6. The lowest BCUT2D eigenvalue weighted by Crippen LogP contribution is -2.38. The number of rotatable bonds is 10. The predicted molar refractivity (Wildman–Crippen MR) is 190 cm³/mol. The van der Waals surface area contributed by atoms with Crippen LogP contribution in [0.1, 0.15) is 58.5 Å². The summed E-state index contributed by atoms with van der Waals surface area (Å²) in [6, 6.07) is 8.80. The number of fused-ring (bicyclic) bond motifs is 1. The highest BCUT2D eigenvalue weighted by Crippen LogP contribution is 2.45. The van der Waals surface area contributed by atoms with Crippen LogP contribution >= 0.6 is 0 Å². The maximum Gasteiger partial charge on any atom is 0.308 e. The van der Waals surface area contributed by atoms with Gasteiger partial charge in [-0.1, -0.05) is 6.07 Å². The number of hydrogen-bond acceptors (Lipinski definition) is 12. The molecule has 8 rings (SSSR count). The second-order valence-corrected chi connectivity index (χ2v) is 14.0. The number of carbonyl (C=O) groups excluding carboxylic acids is 1. The van der Waals surface area contributed by atoms with Gasteiger partial charge in [-0.15, -0.1) is 0 Å². The van der Waals surface area contributed by atoms with Crippen LogP contribution in [0.4, 0.5) is 0 Å². The van der Waals surface area contributed by atoms with Crippen LogP contribution in [0.5, 0.6) is 11.5 Å². The van der Waals surface area contributed by atoms with Gasteiger partial charge in [-0.25, -0.2) is 29.9 Å². The number of hydrogen-bond donors (Lipinski definition) is 2. The number of aryl methyl sites for hydroxylation is 2. The zero-order valence-corrected chi connectivity index (χ0v) is 30.0. The van der Waals surface area contributed by atoms with Crippen molar-refractivity contribution >= 4 is 11.9 Å². The predicted octanol–water partition coefficient (Wildman–Crippen LogP) is 2.81. The standard InChI is InChI=1S/C37H41N11O5/c1-21-14-27(43-36(41-21)47-12-10-38-18-47)33-31(34(49)40-9-7-23-5-6-29-30(15-23)53-20-52-29)25(17-46(33)4)28-16-39-19-48(28)37-42-22(2)13-26(44-37)32-24(35(50)51)8-11-45(32)3/h5-6,10,12-16,18-19,24-25,31-33H,7-9,11,17,20H2,1-4H3,(H,40,49)(H,50,51). The van der Waals surface area contributed by atoms with Gasteiger partial charge < -0.3 is 19.9 Å². The van der Waals surface area contributed by atoms with E-state index in [9.17, 15) is 14.7 Å². The Labute approximate surface area is 305 Å². The summed E-state index contributed by atoms with van der Waals surface area (Å²) in [4.78, 5) is 59.0. The molecule has 2 N–H and O–H groups in total. The molecular weight excluding hydrogens is 678 g/mol. The van der Waals surface area contributed by atoms with E-state index in [0.717, 1.165) is 17.0 Å². The van der Waals surface area contributed by atoms with Crippen molar-refractivity contribution in [3.05, 3.63) is 95.6 Å². The number of carboxylic acids is 1. The molecule has 0 saturated carbocycles. The van der Waals surface area contributed by atoms with Gasteiger partial charge in [0.1, 0.15) is 12.7 Å². The van der Waals surface area contributed by atoms with E-state index >= 15 is 0 Å². The van der Waals surface area contributed by atoms with E-state index in [4.69, 9.17) is 24.4 Å². The van der Waals surface area contributed by atoms with Gasteiger partial charge in [0, 0.05) is 49.0 Å². The number of imidazole rings is 2. The van der Waals surface area contributed by atoms with Crippen molar-refractivity contribution in [3.8, 4) is 23.4 Å². The Hall–Kier alpha value is -5.74. The Kier molecular flexibility index (Phi) is 9.08. The van der Waals surface area contributed by atoms with Gasteiger partial charge in [0.15, 0.2) is 11.5 Å². The van der Waals surface area contributed by atoms with E-state index in [1.54, 1.807) is 35.8 Å². The summed E-state index contributed by atoms with van der Waals surface area (Å²) in [6.07, 6.45) is 9.68. The number of aliphatic carboxylic acids is 1. The Bertz CT molecular complexity index is 2150. The molecule has 7 heterocycles. The highest BCUT2D eigenvalue weighted by atomic mass is 16.7. The van der Waals surface area contributed by atoms with Crippen LogP contribution < -0.4 is 14.8 Å². The van der Waals surface area contributed by atoms with Gasteiger partial charge in [-0.05, 0) is 77.2 Å². The van der Waals surface area contributed by atoms with E-state index in [-0.39, 0.29) is 18.6 Å². The number of aromatic nitrogens is 8. The molecule has 3 aliphatic rings. The summed E-state index contributed by atoms with van der Waals surface area (Å²) in [5.41, 5.74) is 4.61. The first-order valence-electron chi connectivity index (χ1n) is 17.7. The molecule has 1 aromatic carbocycles. The Morgan fingerprint density at radius 1 is 0.906 bits per heavy atom. The quantitative estimate of drug-likeness (QED) is 0.216. The fourth-order valence-corrected chi connectivity index (χ4v) is 8.03. The van der Waals surface area contributed by atoms with Crippen LogP contribution in [0.15, 0.2) is 61.6 Å².